The first-order chi connectivity index (χ1) is 15.4. The Balaban J connectivity index is 2.07. The SMILES string of the molecule is Cc1c(S(=O)(=O)NC(c2ccc(C#N)c(F)c2)P(=O)(O)O)sc2c(F)cc(OCCN)cc12. The van der Waals surface area contributed by atoms with Gasteiger partial charge in [-0.2, -0.15) is 9.98 Å². The standard InChI is InChI=1S/C19H18F2N3O6PS2/c1-10-14-7-13(30-5-4-22)8-16(21)17(14)32-19(10)33(28,29)24-18(31(25,26)27)11-2-3-12(9-23)15(20)6-11/h2-3,6-8,18,24H,4-5,22H2,1H3,(H2,25,26,27). The van der Waals surface area contributed by atoms with E-state index in [0.29, 0.717) is 17.4 Å². The number of nitrogens with zero attached hydrogens (tertiary/aromatic N) is 1. The van der Waals surface area contributed by atoms with Gasteiger partial charge in [-0.1, -0.05) is 6.07 Å². The van der Waals surface area contributed by atoms with Crippen LogP contribution in [0, 0.1) is 29.9 Å². The second-order valence-corrected chi connectivity index (χ2v) is 11.5. The largest absolute Gasteiger partial charge is 0.492 e. The third kappa shape index (κ3) is 5.23. The van der Waals surface area contributed by atoms with E-state index in [4.69, 9.17) is 15.7 Å². The maximum atomic E-state index is 14.6. The van der Waals surface area contributed by atoms with Crippen LogP contribution in [-0.4, -0.2) is 31.4 Å². The van der Waals surface area contributed by atoms with E-state index in [1.54, 1.807) is 6.07 Å². The fourth-order valence-corrected chi connectivity index (χ4v) is 7.39. The molecular formula is C19H18F2N3O6PS2. The molecule has 3 aromatic rings. The van der Waals surface area contributed by atoms with Crippen molar-refractivity contribution in [1.82, 2.24) is 4.72 Å². The lowest BCUT2D eigenvalue weighted by atomic mass is 10.1. The lowest BCUT2D eigenvalue weighted by molar-refractivity contribution is 0.327. The molecule has 1 heterocycles. The number of hydrogen-bond acceptors (Lipinski definition) is 7. The maximum Gasteiger partial charge on any atom is 0.347 e. The van der Waals surface area contributed by atoms with E-state index in [2.05, 4.69) is 0 Å². The minimum atomic E-state index is -5.18. The third-order valence-corrected chi connectivity index (χ3v) is 9.22. The van der Waals surface area contributed by atoms with Crippen molar-refractivity contribution in [1.29, 1.82) is 5.26 Å². The Morgan fingerprint density at radius 1 is 1.27 bits per heavy atom. The molecule has 1 unspecified atom stereocenters. The normalized spacial score (nSPS) is 13.1. The molecule has 0 spiro atoms. The first kappa shape index (κ1) is 25.2. The first-order valence-corrected chi connectivity index (χ1v) is 13.2. The van der Waals surface area contributed by atoms with Crippen LogP contribution in [0.4, 0.5) is 8.78 Å². The summed E-state index contributed by atoms with van der Waals surface area (Å²) >= 11 is 0.571. The second-order valence-electron chi connectivity index (χ2n) is 6.90. The number of ether oxygens (including phenoxy) is 1. The summed E-state index contributed by atoms with van der Waals surface area (Å²) in [6, 6.07) is 6.76. The summed E-state index contributed by atoms with van der Waals surface area (Å²) in [5.74, 6) is -3.81. The molecule has 9 nitrogen and oxygen atoms in total. The number of sulfonamides is 1. The van der Waals surface area contributed by atoms with Gasteiger partial charge in [-0.15, -0.1) is 11.3 Å². The Morgan fingerprint density at radius 2 is 1.97 bits per heavy atom. The van der Waals surface area contributed by atoms with Crippen LogP contribution in [0.2, 0.25) is 0 Å². The van der Waals surface area contributed by atoms with E-state index in [9.17, 15) is 31.6 Å². The van der Waals surface area contributed by atoms with E-state index in [0.717, 1.165) is 18.2 Å². The molecule has 2 aromatic carbocycles. The van der Waals surface area contributed by atoms with Crippen molar-refractivity contribution in [2.45, 2.75) is 16.9 Å². The van der Waals surface area contributed by atoms with Crippen LogP contribution in [0.3, 0.4) is 0 Å². The number of hydrogen-bond donors (Lipinski definition) is 4. The molecule has 0 radical (unpaired) electrons. The van der Waals surface area contributed by atoms with Crippen LogP contribution < -0.4 is 15.2 Å². The lowest BCUT2D eigenvalue weighted by Gasteiger charge is -2.20. The molecule has 33 heavy (non-hydrogen) atoms. The molecule has 176 valence electrons. The summed E-state index contributed by atoms with van der Waals surface area (Å²) in [7, 11) is -9.78. The highest BCUT2D eigenvalue weighted by Crippen LogP contribution is 2.51. The number of rotatable bonds is 8. The molecule has 0 saturated carbocycles. The molecule has 3 rings (SSSR count). The zero-order chi connectivity index (χ0) is 24.6. The summed E-state index contributed by atoms with van der Waals surface area (Å²) in [6.07, 6.45) is 0. The molecule has 14 heteroatoms. The Hall–Kier alpha value is -2.43. The third-order valence-electron chi connectivity index (χ3n) is 4.59. The first-order valence-electron chi connectivity index (χ1n) is 9.21. The average Bonchev–Trinajstić information content (AvgIpc) is 3.08. The van der Waals surface area contributed by atoms with Gasteiger partial charge >= 0.3 is 7.60 Å². The van der Waals surface area contributed by atoms with Crippen LogP contribution in [-0.2, 0) is 14.6 Å². The highest BCUT2D eigenvalue weighted by Gasteiger charge is 2.37. The van der Waals surface area contributed by atoms with Crippen LogP contribution in [0.25, 0.3) is 10.1 Å². The van der Waals surface area contributed by atoms with Crippen molar-refractivity contribution < 1.29 is 36.3 Å². The lowest BCUT2D eigenvalue weighted by Crippen LogP contribution is -2.28. The predicted octanol–water partition coefficient (Wildman–Crippen LogP) is 2.85. The van der Waals surface area contributed by atoms with Gasteiger partial charge in [0.1, 0.15) is 40.1 Å². The van der Waals surface area contributed by atoms with Crippen molar-refractivity contribution >= 4 is 39.0 Å². The summed E-state index contributed by atoms with van der Waals surface area (Å²) in [6.45, 7) is 1.71. The summed E-state index contributed by atoms with van der Waals surface area (Å²) in [4.78, 5) is 19.5. The summed E-state index contributed by atoms with van der Waals surface area (Å²) in [5.41, 5.74) is 4.74. The van der Waals surface area contributed by atoms with Gasteiger partial charge in [-0.3, -0.25) is 4.57 Å². The predicted molar refractivity (Wildman–Crippen MR) is 117 cm³/mol. The molecule has 0 saturated heterocycles. The summed E-state index contributed by atoms with van der Waals surface area (Å²) < 4.78 is 73.6. The molecule has 0 aliphatic carbocycles. The van der Waals surface area contributed by atoms with Gasteiger partial charge in [0.05, 0.1) is 10.3 Å². The van der Waals surface area contributed by atoms with Crippen LogP contribution in [0.5, 0.6) is 5.75 Å². The van der Waals surface area contributed by atoms with Crippen molar-refractivity contribution in [2.24, 2.45) is 5.73 Å². The Labute approximate surface area is 191 Å². The van der Waals surface area contributed by atoms with E-state index in [1.807, 2.05) is 4.72 Å². The van der Waals surface area contributed by atoms with Crippen molar-refractivity contribution in [2.75, 3.05) is 13.2 Å². The van der Waals surface area contributed by atoms with Gasteiger partial charge in [-0.05, 0) is 36.2 Å². The number of benzene rings is 2. The highest BCUT2D eigenvalue weighted by molar-refractivity contribution is 7.92. The fraction of sp³-hybridized carbons (Fsp3) is 0.211. The van der Waals surface area contributed by atoms with Crippen molar-refractivity contribution in [3.05, 3.63) is 58.7 Å². The van der Waals surface area contributed by atoms with E-state index < -0.39 is 35.0 Å². The van der Waals surface area contributed by atoms with Gasteiger partial charge in [0.2, 0.25) is 0 Å². The molecule has 1 atom stereocenters. The number of nitrogens with one attached hydrogen (secondary N) is 1. The number of nitrogens with two attached hydrogens (primary N) is 1. The second kappa shape index (κ2) is 9.44. The van der Waals surface area contributed by atoms with Gasteiger partial charge in [0, 0.05) is 18.0 Å². The van der Waals surface area contributed by atoms with Crippen molar-refractivity contribution in [3.8, 4) is 11.8 Å². The van der Waals surface area contributed by atoms with Gasteiger partial charge in [-0.25, -0.2) is 17.2 Å². The van der Waals surface area contributed by atoms with E-state index in [-0.39, 0.29) is 49.9 Å². The zero-order valence-electron chi connectivity index (χ0n) is 16.9. The van der Waals surface area contributed by atoms with E-state index >= 15 is 0 Å². The zero-order valence-corrected chi connectivity index (χ0v) is 19.5. The average molecular weight is 517 g/mol. The van der Waals surface area contributed by atoms with Crippen LogP contribution in [0.15, 0.2) is 34.5 Å². The molecule has 5 N–H and O–H groups in total. The van der Waals surface area contributed by atoms with Gasteiger partial charge in [0.25, 0.3) is 10.0 Å². The van der Waals surface area contributed by atoms with Gasteiger partial charge < -0.3 is 20.3 Å². The van der Waals surface area contributed by atoms with E-state index in [1.165, 1.54) is 13.0 Å². The van der Waals surface area contributed by atoms with Crippen LogP contribution in [0.1, 0.15) is 22.5 Å². The maximum absolute atomic E-state index is 14.6. The number of fused-ring (bicyclic) bond motifs is 1. The number of nitriles is 1. The van der Waals surface area contributed by atoms with Crippen molar-refractivity contribution in [3.63, 3.8) is 0 Å². The molecule has 1 aromatic heterocycles. The Bertz CT molecular complexity index is 1420. The molecule has 0 amide bonds. The van der Waals surface area contributed by atoms with Gasteiger partial charge in [0.15, 0.2) is 0 Å². The Kier molecular flexibility index (Phi) is 7.21. The minimum absolute atomic E-state index is 0.00474. The molecular weight excluding hydrogens is 499 g/mol. The quantitative estimate of drug-likeness (QED) is 0.332. The molecule has 0 aliphatic heterocycles. The van der Waals surface area contributed by atoms with Crippen LogP contribution >= 0.6 is 18.9 Å². The topological polar surface area (TPSA) is 163 Å². The smallest absolute Gasteiger partial charge is 0.347 e. The number of aryl methyl sites for hydroxylation is 1. The molecule has 0 bridgehead atoms. The highest BCUT2D eigenvalue weighted by atomic mass is 32.2. The Morgan fingerprint density at radius 3 is 2.55 bits per heavy atom. The summed E-state index contributed by atoms with van der Waals surface area (Å²) in [5, 5.41) is 9.07. The molecule has 0 aliphatic rings. The number of thiophene rings is 1. The fourth-order valence-electron chi connectivity index (χ4n) is 3.07. The minimum Gasteiger partial charge on any atom is -0.492 e. The molecule has 0 fully saturated rings. The monoisotopic (exact) mass is 517 g/mol. The number of halogens is 2.